The van der Waals surface area contributed by atoms with Crippen LogP contribution < -0.4 is 5.32 Å². The van der Waals surface area contributed by atoms with Crippen molar-refractivity contribution >= 4 is 11.9 Å². The van der Waals surface area contributed by atoms with Gasteiger partial charge in [0.15, 0.2) is 5.69 Å². The number of nitrogens with zero attached hydrogens (tertiary/aromatic N) is 2. The van der Waals surface area contributed by atoms with E-state index in [-0.39, 0.29) is 11.6 Å². The van der Waals surface area contributed by atoms with E-state index in [2.05, 4.69) is 10.5 Å². The number of aryl methyl sites for hydroxylation is 1. The molecule has 0 aromatic carbocycles. The second-order valence-electron chi connectivity index (χ2n) is 4.29. The lowest BCUT2D eigenvalue weighted by Gasteiger charge is -2.33. The van der Waals surface area contributed by atoms with Gasteiger partial charge in [0.25, 0.3) is 5.91 Å². The molecule has 0 spiro atoms. The van der Waals surface area contributed by atoms with E-state index in [0.29, 0.717) is 32.0 Å². The molecule has 1 aromatic heterocycles. The standard InChI is InChI=1S/C12H17N3O4/c1-3-18-12(17)10-7-13-4-5-15(10)11(16)9-6-8(2)19-14-9/h6,10,13H,3-5,7H2,1-2H3. The fraction of sp³-hybridized carbons (Fsp3) is 0.583. The van der Waals surface area contributed by atoms with Gasteiger partial charge in [-0.05, 0) is 13.8 Å². The summed E-state index contributed by atoms with van der Waals surface area (Å²) in [6.45, 7) is 5.21. The molecule has 1 N–H and O–H groups in total. The maximum atomic E-state index is 12.3. The number of carbonyl (C=O) groups excluding carboxylic acids is 2. The normalized spacial score (nSPS) is 19.3. The Morgan fingerprint density at radius 2 is 2.42 bits per heavy atom. The molecule has 0 bridgehead atoms. The van der Waals surface area contributed by atoms with Gasteiger partial charge in [-0.15, -0.1) is 0 Å². The number of esters is 1. The van der Waals surface area contributed by atoms with Gasteiger partial charge in [-0.2, -0.15) is 0 Å². The summed E-state index contributed by atoms with van der Waals surface area (Å²) in [5.41, 5.74) is 0.216. The number of hydrogen-bond donors (Lipinski definition) is 1. The number of amides is 1. The van der Waals surface area contributed by atoms with E-state index in [0.717, 1.165) is 0 Å². The van der Waals surface area contributed by atoms with Gasteiger partial charge < -0.3 is 19.5 Å². The third kappa shape index (κ3) is 2.93. The van der Waals surface area contributed by atoms with Gasteiger partial charge in [0, 0.05) is 25.7 Å². The van der Waals surface area contributed by atoms with Gasteiger partial charge in [0.05, 0.1) is 6.61 Å². The van der Waals surface area contributed by atoms with E-state index >= 15 is 0 Å². The Labute approximate surface area is 110 Å². The molecule has 0 aliphatic carbocycles. The van der Waals surface area contributed by atoms with Gasteiger partial charge in [-0.1, -0.05) is 5.16 Å². The molecule has 1 saturated heterocycles. The third-order valence-electron chi connectivity index (χ3n) is 2.91. The first-order valence-electron chi connectivity index (χ1n) is 6.25. The Bertz CT molecular complexity index is 471. The molecule has 19 heavy (non-hydrogen) atoms. The fourth-order valence-corrected chi connectivity index (χ4v) is 2.01. The van der Waals surface area contributed by atoms with E-state index in [1.807, 2.05) is 0 Å². The molecule has 2 rings (SSSR count). The topological polar surface area (TPSA) is 84.7 Å². The van der Waals surface area contributed by atoms with Crippen molar-refractivity contribution in [1.29, 1.82) is 0 Å². The lowest BCUT2D eigenvalue weighted by atomic mass is 10.1. The molecule has 1 fully saturated rings. The highest BCUT2D eigenvalue weighted by molar-refractivity contribution is 5.95. The summed E-state index contributed by atoms with van der Waals surface area (Å²) in [7, 11) is 0. The summed E-state index contributed by atoms with van der Waals surface area (Å²) in [6.07, 6.45) is 0. The number of nitrogens with one attached hydrogen (secondary N) is 1. The van der Waals surface area contributed by atoms with Crippen molar-refractivity contribution in [2.75, 3.05) is 26.2 Å². The largest absolute Gasteiger partial charge is 0.464 e. The number of ether oxygens (including phenoxy) is 1. The van der Waals surface area contributed by atoms with Crippen LogP contribution >= 0.6 is 0 Å². The Morgan fingerprint density at radius 3 is 3.05 bits per heavy atom. The molecule has 7 heteroatoms. The van der Waals surface area contributed by atoms with Crippen LogP contribution in [0.2, 0.25) is 0 Å². The quantitative estimate of drug-likeness (QED) is 0.774. The van der Waals surface area contributed by atoms with Crippen molar-refractivity contribution in [2.45, 2.75) is 19.9 Å². The molecule has 1 aliphatic heterocycles. The molecule has 7 nitrogen and oxygen atoms in total. The number of carbonyl (C=O) groups is 2. The molecular formula is C12H17N3O4. The maximum absolute atomic E-state index is 12.3. The molecule has 1 unspecified atom stereocenters. The maximum Gasteiger partial charge on any atom is 0.330 e. The van der Waals surface area contributed by atoms with E-state index in [4.69, 9.17) is 9.26 Å². The number of hydrogen-bond acceptors (Lipinski definition) is 6. The molecule has 0 radical (unpaired) electrons. The third-order valence-corrected chi connectivity index (χ3v) is 2.91. The van der Waals surface area contributed by atoms with E-state index in [9.17, 15) is 9.59 Å². The summed E-state index contributed by atoms with van der Waals surface area (Å²) in [4.78, 5) is 25.6. The van der Waals surface area contributed by atoms with Crippen molar-refractivity contribution in [1.82, 2.24) is 15.4 Å². The van der Waals surface area contributed by atoms with Gasteiger partial charge in [0.1, 0.15) is 11.8 Å². The molecular weight excluding hydrogens is 250 g/mol. The highest BCUT2D eigenvalue weighted by atomic mass is 16.5. The zero-order chi connectivity index (χ0) is 13.8. The summed E-state index contributed by atoms with van der Waals surface area (Å²) >= 11 is 0. The zero-order valence-corrected chi connectivity index (χ0v) is 11.0. The SMILES string of the molecule is CCOC(=O)C1CNCCN1C(=O)c1cc(C)on1. The van der Waals surface area contributed by atoms with Gasteiger partial charge >= 0.3 is 5.97 Å². The van der Waals surface area contributed by atoms with E-state index < -0.39 is 12.0 Å². The molecule has 104 valence electrons. The first-order valence-corrected chi connectivity index (χ1v) is 6.25. The predicted molar refractivity (Wildman–Crippen MR) is 65.6 cm³/mol. The van der Waals surface area contributed by atoms with E-state index in [1.54, 1.807) is 19.9 Å². The monoisotopic (exact) mass is 267 g/mol. The van der Waals surface area contributed by atoms with Crippen molar-refractivity contribution in [3.05, 3.63) is 17.5 Å². The summed E-state index contributed by atoms with van der Waals surface area (Å²) in [6, 6.07) is 0.949. The fourth-order valence-electron chi connectivity index (χ4n) is 2.01. The molecule has 1 aromatic rings. The molecule has 1 aliphatic rings. The first kappa shape index (κ1) is 13.5. The van der Waals surface area contributed by atoms with Crippen LogP contribution in [0.1, 0.15) is 23.2 Å². The summed E-state index contributed by atoms with van der Waals surface area (Å²) in [5, 5.41) is 6.77. The number of rotatable bonds is 3. The second-order valence-corrected chi connectivity index (χ2v) is 4.29. The van der Waals surface area contributed by atoms with Crippen molar-refractivity contribution in [3.63, 3.8) is 0 Å². The highest BCUT2D eigenvalue weighted by Crippen LogP contribution is 2.12. The lowest BCUT2D eigenvalue weighted by Crippen LogP contribution is -2.57. The van der Waals surface area contributed by atoms with Crippen LogP contribution in [-0.2, 0) is 9.53 Å². The predicted octanol–water partition coefficient (Wildman–Crippen LogP) is -0.0399. The Hall–Kier alpha value is -1.89. The van der Waals surface area contributed by atoms with Gasteiger partial charge in [-0.3, -0.25) is 4.79 Å². The molecule has 2 heterocycles. The van der Waals surface area contributed by atoms with Crippen molar-refractivity contribution in [3.8, 4) is 0 Å². The van der Waals surface area contributed by atoms with Crippen molar-refractivity contribution in [2.24, 2.45) is 0 Å². The average molecular weight is 267 g/mol. The van der Waals surface area contributed by atoms with Crippen LogP contribution in [0.3, 0.4) is 0 Å². The Morgan fingerprint density at radius 1 is 1.63 bits per heavy atom. The van der Waals surface area contributed by atoms with Crippen LogP contribution in [0.25, 0.3) is 0 Å². The van der Waals surface area contributed by atoms with Crippen LogP contribution in [0.5, 0.6) is 0 Å². The first-order chi connectivity index (χ1) is 9.13. The van der Waals surface area contributed by atoms with Crippen LogP contribution in [0, 0.1) is 6.92 Å². The summed E-state index contributed by atoms with van der Waals surface area (Å²) < 4.78 is 9.88. The molecule has 0 saturated carbocycles. The smallest absolute Gasteiger partial charge is 0.330 e. The van der Waals surface area contributed by atoms with Crippen LogP contribution in [-0.4, -0.2) is 54.2 Å². The molecule has 1 atom stereocenters. The summed E-state index contributed by atoms with van der Waals surface area (Å²) in [5.74, 6) is -0.147. The van der Waals surface area contributed by atoms with Gasteiger partial charge in [-0.25, -0.2) is 4.79 Å². The lowest BCUT2D eigenvalue weighted by molar-refractivity contribution is -0.149. The number of aromatic nitrogens is 1. The van der Waals surface area contributed by atoms with Gasteiger partial charge in [0.2, 0.25) is 0 Å². The Kier molecular flexibility index (Phi) is 4.16. The Balaban J connectivity index is 2.15. The highest BCUT2D eigenvalue weighted by Gasteiger charge is 2.34. The number of piperazine rings is 1. The minimum Gasteiger partial charge on any atom is -0.464 e. The van der Waals surface area contributed by atoms with E-state index in [1.165, 1.54) is 4.90 Å². The minimum absolute atomic E-state index is 0.216. The van der Waals surface area contributed by atoms with Crippen molar-refractivity contribution < 1.29 is 18.8 Å². The zero-order valence-electron chi connectivity index (χ0n) is 11.0. The second kappa shape index (κ2) is 5.83. The molecule has 1 amide bonds. The minimum atomic E-state index is -0.613. The van der Waals surface area contributed by atoms with Crippen LogP contribution in [0.4, 0.5) is 0 Å². The van der Waals surface area contributed by atoms with Crippen LogP contribution in [0.15, 0.2) is 10.6 Å². The average Bonchev–Trinajstić information content (AvgIpc) is 2.85.